The van der Waals surface area contributed by atoms with Gasteiger partial charge in [-0.05, 0) is 31.7 Å². The molecule has 0 unspecified atom stereocenters. The molecule has 3 nitrogen and oxygen atoms in total. The van der Waals surface area contributed by atoms with Gasteiger partial charge < -0.3 is 15.2 Å². The smallest absolute Gasteiger partial charge is 0.165 e. The summed E-state index contributed by atoms with van der Waals surface area (Å²) >= 11 is 0. The first-order valence-electron chi connectivity index (χ1n) is 6.51. The average molecular weight is 271 g/mol. The lowest BCUT2D eigenvalue weighted by Crippen LogP contribution is -2.25. The highest BCUT2D eigenvalue weighted by molar-refractivity contribution is 5.41. The van der Waals surface area contributed by atoms with Gasteiger partial charge in [0.15, 0.2) is 11.6 Å². The highest BCUT2D eigenvalue weighted by Crippen LogP contribution is 2.31. The Morgan fingerprint density at radius 2 is 1.89 bits per heavy atom. The van der Waals surface area contributed by atoms with Crippen molar-refractivity contribution in [3.8, 4) is 11.5 Å². The van der Waals surface area contributed by atoms with E-state index in [1.54, 1.807) is 0 Å². The average Bonchev–Trinajstić information content (AvgIpc) is 2.43. The van der Waals surface area contributed by atoms with Crippen LogP contribution in [0, 0.1) is 5.82 Å². The third kappa shape index (κ3) is 3.35. The number of halogens is 2. The van der Waals surface area contributed by atoms with Crippen LogP contribution in [0.1, 0.15) is 31.2 Å². The second kappa shape index (κ2) is 6.19. The van der Waals surface area contributed by atoms with E-state index in [1.165, 1.54) is 19.2 Å². The molecule has 1 aromatic rings. The van der Waals surface area contributed by atoms with E-state index in [0.717, 1.165) is 0 Å². The van der Waals surface area contributed by atoms with E-state index < -0.39 is 12.0 Å². The van der Waals surface area contributed by atoms with Crippen LogP contribution in [0.3, 0.4) is 0 Å². The van der Waals surface area contributed by atoms with E-state index in [-0.39, 0.29) is 18.4 Å². The fourth-order valence-electron chi connectivity index (χ4n) is 2.34. The first-order valence-corrected chi connectivity index (χ1v) is 6.51. The minimum Gasteiger partial charge on any atom is -0.496 e. The van der Waals surface area contributed by atoms with Crippen LogP contribution < -0.4 is 15.2 Å². The molecule has 0 heterocycles. The number of hydrogen-bond acceptors (Lipinski definition) is 3. The molecule has 5 heteroatoms. The van der Waals surface area contributed by atoms with Gasteiger partial charge in [-0.25, -0.2) is 8.78 Å². The summed E-state index contributed by atoms with van der Waals surface area (Å²) in [4.78, 5) is 0. The lowest BCUT2D eigenvalue weighted by molar-refractivity contribution is 0.109. The van der Waals surface area contributed by atoms with Crippen molar-refractivity contribution < 1.29 is 18.3 Å². The van der Waals surface area contributed by atoms with Crippen LogP contribution in [0.2, 0.25) is 0 Å². The fourth-order valence-corrected chi connectivity index (χ4v) is 2.34. The minimum atomic E-state index is -0.751. The molecule has 0 aliphatic heterocycles. The van der Waals surface area contributed by atoms with E-state index in [9.17, 15) is 8.78 Å². The monoisotopic (exact) mass is 271 g/mol. The van der Waals surface area contributed by atoms with Crippen LogP contribution in [0.15, 0.2) is 12.1 Å². The Balaban J connectivity index is 2.11. The number of alkyl halides is 1. The third-order valence-electron chi connectivity index (χ3n) is 3.45. The number of hydrogen-bond donors (Lipinski definition) is 1. The number of ether oxygens (including phenoxy) is 2. The Hall–Kier alpha value is -1.36. The molecule has 1 aliphatic rings. The molecule has 1 fully saturated rings. The molecule has 0 spiro atoms. The molecule has 1 aromatic carbocycles. The first-order chi connectivity index (χ1) is 9.13. The van der Waals surface area contributed by atoms with E-state index in [2.05, 4.69) is 0 Å². The molecule has 1 aliphatic carbocycles. The van der Waals surface area contributed by atoms with Crippen LogP contribution in [0.4, 0.5) is 8.78 Å². The quantitative estimate of drug-likeness (QED) is 0.915. The molecule has 0 aromatic heterocycles. The molecule has 0 bridgehead atoms. The van der Waals surface area contributed by atoms with E-state index in [0.29, 0.717) is 37.0 Å². The molecule has 0 saturated heterocycles. The van der Waals surface area contributed by atoms with Crippen LogP contribution >= 0.6 is 0 Å². The SMILES string of the molecule is COc1cc(OC2CCC(F)CC2)c(F)cc1CN. The lowest BCUT2D eigenvalue weighted by atomic mass is 9.96. The molecular weight excluding hydrogens is 252 g/mol. The maximum atomic E-state index is 13.9. The van der Waals surface area contributed by atoms with Crippen LogP contribution in [0.25, 0.3) is 0 Å². The van der Waals surface area contributed by atoms with Gasteiger partial charge in [-0.3, -0.25) is 0 Å². The second-order valence-electron chi connectivity index (χ2n) is 4.79. The molecule has 19 heavy (non-hydrogen) atoms. The zero-order valence-electron chi connectivity index (χ0n) is 11.0. The zero-order valence-corrected chi connectivity index (χ0v) is 11.0. The third-order valence-corrected chi connectivity index (χ3v) is 3.45. The van der Waals surface area contributed by atoms with Crippen molar-refractivity contribution in [2.45, 2.75) is 44.5 Å². The van der Waals surface area contributed by atoms with Gasteiger partial charge >= 0.3 is 0 Å². The Bertz CT molecular complexity index is 432. The summed E-state index contributed by atoms with van der Waals surface area (Å²) in [7, 11) is 1.50. The summed E-state index contributed by atoms with van der Waals surface area (Å²) in [6.45, 7) is 0.202. The van der Waals surface area contributed by atoms with E-state index in [4.69, 9.17) is 15.2 Å². The van der Waals surface area contributed by atoms with Gasteiger partial charge in [0.05, 0.1) is 13.2 Å². The van der Waals surface area contributed by atoms with E-state index in [1.807, 2.05) is 0 Å². The Kier molecular flexibility index (Phi) is 4.58. The number of methoxy groups -OCH3 is 1. The number of benzene rings is 1. The minimum absolute atomic E-state index is 0.130. The van der Waals surface area contributed by atoms with E-state index >= 15 is 0 Å². The molecule has 0 amide bonds. The van der Waals surface area contributed by atoms with Crippen molar-refractivity contribution in [1.29, 1.82) is 0 Å². The summed E-state index contributed by atoms with van der Waals surface area (Å²) in [6, 6.07) is 2.84. The predicted octanol–water partition coefficient (Wildman–Crippen LogP) is 2.95. The number of nitrogens with two attached hydrogens (primary N) is 1. The Morgan fingerprint density at radius 3 is 2.47 bits per heavy atom. The summed E-state index contributed by atoms with van der Waals surface area (Å²) in [5, 5.41) is 0. The van der Waals surface area contributed by atoms with Crippen LogP contribution in [-0.2, 0) is 6.54 Å². The van der Waals surface area contributed by atoms with Gasteiger partial charge in [-0.2, -0.15) is 0 Å². The standard InChI is InChI=1S/C14H19F2NO2/c1-18-13-7-14(12(16)6-9(13)8-17)19-11-4-2-10(15)3-5-11/h6-7,10-11H,2-5,8,17H2,1H3. The van der Waals surface area contributed by atoms with Gasteiger partial charge in [0.2, 0.25) is 0 Å². The van der Waals surface area contributed by atoms with Crippen molar-refractivity contribution in [2.75, 3.05) is 7.11 Å². The molecule has 0 radical (unpaired) electrons. The lowest BCUT2D eigenvalue weighted by Gasteiger charge is -2.25. The zero-order chi connectivity index (χ0) is 13.8. The Labute approximate surface area is 111 Å². The topological polar surface area (TPSA) is 44.5 Å². The first kappa shape index (κ1) is 14.1. The van der Waals surface area contributed by atoms with Crippen molar-refractivity contribution in [3.05, 3.63) is 23.5 Å². The molecule has 2 N–H and O–H groups in total. The molecule has 1 saturated carbocycles. The molecule has 0 atom stereocenters. The van der Waals surface area contributed by atoms with Gasteiger partial charge in [0.25, 0.3) is 0 Å². The number of rotatable bonds is 4. The highest BCUT2D eigenvalue weighted by atomic mass is 19.1. The summed E-state index contributed by atoms with van der Waals surface area (Å²) in [6.07, 6.45) is 1.30. The second-order valence-corrected chi connectivity index (χ2v) is 4.79. The van der Waals surface area contributed by atoms with Gasteiger partial charge in [0.1, 0.15) is 11.9 Å². The van der Waals surface area contributed by atoms with Gasteiger partial charge in [-0.1, -0.05) is 0 Å². The summed E-state index contributed by atoms with van der Waals surface area (Å²) in [5.74, 6) is 0.207. The van der Waals surface area contributed by atoms with Crippen molar-refractivity contribution in [2.24, 2.45) is 5.73 Å². The van der Waals surface area contributed by atoms with Crippen LogP contribution in [-0.4, -0.2) is 19.4 Å². The van der Waals surface area contributed by atoms with Gasteiger partial charge in [-0.15, -0.1) is 0 Å². The van der Waals surface area contributed by atoms with Crippen LogP contribution in [0.5, 0.6) is 11.5 Å². The summed E-state index contributed by atoms with van der Waals surface area (Å²) in [5.41, 5.74) is 6.11. The van der Waals surface area contributed by atoms with Crippen molar-refractivity contribution >= 4 is 0 Å². The highest BCUT2D eigenvalue weighted by Gasteiger charge is 2.23. The van der Waals surface area contributed by atoms with Crippen molar-refractivity contribution in [3.63, 3.8) is 0 Å². The fraction of sp³-hybridized carbons (Fsp3) is 0.571. The maximum Gasteiger partial charge on any atom is 0.165 e. The van der Waals surface area contributed by atoms with Gasteiger partial charge in [0, 0.05) is 18.2 Å². The largest absolute Gasteiger partial charge is 0.496 e. The Morgan fingerprint density at radius 1 is 1.21 bits per heavy atom. The molecule has 2 rings (SSSR count). The predicted molar refractivity (Wildman–Crippen MR) is 68.6 cm³/mol. The normalized spacial score (nSPS) is 23.2. The maximum absolute atomic E-state index is 13.9. The summed E-state index contributed by atoms with van der Waals surface area (Å²) < 4.78 is 37.7. The van der Waals surface area contributed by atoms with Crippen molar-refractivity contribution in [1.82, 2.24) is 0 Å². The molecular formula is C14H19F2NO2. The molecule has 106 valence electrons.